The molecule has 0 aliphatic carbocycles. The van der Waals surface area contributed by atoms with Crippen LogP contribution >= 0.6 is 0 Å². The highest BCUT2D eigenvalue weighted by molar-refractivity contribution is 5.97. The van der Waals surface area contributed by atoms with Crippen LogP contribution < -0.4 is 10.1 Å². The number of rotatable bonds is 6. The van der Waals surface area contributed by atoms with E-state index in [-0.39, 0.29) is 17.9 Å². The van der Waals surface area contributed by atoms with Crippen molar-refractivity contribution in [3.63, 3.8) is 0 Å². The fraction of sp³-hybridized carbons (Fsp3) is 0.529. The van der Waals surface area contributed by atoms with E-state index in [1.807, 2.05) is 39.0 Å². The Kier molecular flexibility index (Phi) is 5.41. The maximum atomic E-state index is 12.5. The molecule has 1 N–H and O–H groups in total. The predicted octanol–water partition coefficient (Wildman–Crippen LogP) is 2.73. The first-order chi connectivity index (χ1) is 10.6. The number of ether oxygens (including phenoxy) is 1. The monoisotopic (exact) mass is 304 g/mol. The molecule has 0 radical (unpaired) electrons. The summed E-state index contributed by atoms with van der Waals surface area (Å²) in [6.45, 7) is 7.10. The number of hydrogen-bond acceptors (Lipinski definition) is 3. The molecule has 1 aromatic carbocycles. The van der Waals surface area contributed by atoms with E-state index in [4.69, 9.17) is 4.74 Å². The maximum Gasteiger partial charge on any atom is 0.247 e. The van der Waals surface area contributed by atoms with E-state index in [9.17, 15) is 9.59 Å². The lowest BCUT2D eigenvalue weighted by Crippen LogP contribution is -2.44. The molecule has 1 unspecified atom stereocenters. The Morgan fingerprint density at radius 3 is 2.73 bits per heavy atom. The number of anilines is 1. The minimum absolute atomic E-state index is 0.0740. The van der Waals surface area contributed by atoms with Gasteiger partial charge in [0.1, 0.15) is 11.8 Å². The second-order valence-electron chi connectivity index (χ2n) is 5.52. The molecule has 1 aliphatic rings. The average molecular weight is 304 g/mol. The summed E-state index contributed by atoms with van der Waals surface area (Å²) in [6.07, 6.45) is 2.00. The van der Waals surface area contributed by atoms with E-state index in [1.165, 1.54) is 0 Å². The summed E-state index contributed by atoms with van der Waals surface area (Å²) >= 11 is 0. The van der Waals surface area contributed by atoms with E-state index in [1.54, 1.807) is 4.90 Å². The van der Waals surface area contributed by atoms with Crippen LogP contribution in [0, 0.1) is 6.92 Å². The molecule has 1 aliphatic heterocycles. The lowest BCUT2D eigenvalue weighted by atomic mass is 10.1. The minimum Gasteiger partial charge on any atom is -0.494 e. The molecule has 1 aromatic rings. The lowest BCUT2D eigenvalue weighted by molar-refractivity contribution is -0.135. The first-order valence-corrected chi connectivity index (χ1v) is 7.90. The molecule has 1 saturated heterocycles. The molecule has 0 bridgehead atoms. The van der Waals surface area contributed by atoms with Crippen LogP contribution in [-0.4, -0.2) is 35.9 Å². The highest BCUT2D eigenvalue weighted by Gasteiger charge is 2.31. The van der Waals surface area contributed by atoms with Crippen LogP contribution in [0.1, 0.15) is 38.7 Å². The molecule has 22 heavy (non-hydrogen) atoms. The second-order valence-corrected chi connectivity index (χ2v) is 5.52. The SMILES string of the molecule is CCOc1ccc(NC(=O)C(CC)N2CCCC2=O)cc1C. The molecule has 5 nitrogen and oxygen atoms in total. The molecule has 1 atom stereocenters. The number of nitrogens with zero attached hydrogens (tertiary/aromatic N) is 1. The zero-order valence-electron chi connectivity index (χ0n) is 13.5. The average Bonchev–Trinajstić information content (AvgIpc) is 2.89. The summed E-state index contributed by atoms with van der Waals surface area (Å²) in [4.78, 5) is 26.0. The summed E-state index contributed by atoms with van der Waals surface area (Å²) in [7, 11) is 0. The molecule has 2 amide bonds. The third-order valence-electron chi connectivity index (χ3n) is 3.92. The third kappa shape index (κ3) is 3.59. The molecular formula is C17H24N2O3. The number of benzene rings is 1. The van der Waals surface area contributed by atoms with Gasteiger partial charge in [-0.1, -0.05) is 6.92 Å². The van der Waals surface area contributed by atoms with Gasteiger partial charge in [0.2, 0.25) is 11.8 Å². The molecule has 1 heterocycles. The normalized spacial score (nSPS) is 15.8. The van der Waals surface area contributed by atoms with Crippen molar-refractivity contribution in [1.82, 2.24) is 4.90 Å². The van der Waals surface area contributed by atoms with Crippen LogP contribution in [0.5, 0.6) is 5.75 Å². The van der Waals surface area contributed by atoms with Crippen LogP contribution in [0.4, 0.5) is 5.69 Å². The Morgan fingerprint density at radius 1 is 1.41 bits per heavy atom. The van der Waals surface area contributed by atoms with Gasteiger partial charge in [0.15, 0.2) is 0 Å². The van der Waals surface area contributed by atoms with Crippen LogP contribution in [0.3, 0.4) is 0 Å². The number of aryl methyl sites for hydroxylation is 1. The highest BCUT2D eigenvalue weighted by atomic mass is 16.5. The van der Waals surface area contributed by atoms with E-state index < -0.39 is 0 Å². The molecule has 2 rings (SSSR count). The van der Waals surface area contributed by atoms with Crippen LogP contribution in [0.15, 0.2) is 18.2 Å². The van der Waals surface area contributed by atoms with Gasteiger partial charge in [-0.2, -0.15) is 0 Å². The van der Waals surface area contributed by atoms with Gasteiger partial charge in [0, 0.05) is 18.7 Å². The first kappa shape index (κ1) is 16.3. The predicted molar refractivity (Wildman–Crippen MR) is 86.0 cm³/mol. The first-order valence-electron chi connectivity index (χ1n) is 7.90. The van der Waals surface area contributed by atoms with Crippen molar-refractivity contribution in [3.05, 3.63) is 23.8 Å². The largest absolute Gasteiger partial charge is 0.494 e. The number of likely N-dealkylation sites (tertiary alicyclic amines) is 1. The van der Waals surface area contributed by atoms with Gasteiger partial charge in [0.05, 0.1) is 6.61 Å². The van der Waals surface area contributed by atoms with Gasteiger partial charge in [-0.05, 0) is 50.5 Å². The second kappa shape index (κ2) is 7.29. The summed E-state index contributed by atoms with van der Waals surface area (Å²) < 4.78 is 5.49. The molecule has 0 spiro atoms. The molecule has 120 valence electrons. The fourth-order valence-electron chi connectivity index (χ4n) is 2.82. The van der Waals surface area contributed by atoms with Crippen molar-refractivity contribution >= 4 is 17.5 Å². The van der Waals surface area contributed by atoms with Crippen molar-refractivity contribution in [1.29, 1.82) is 0 Å². The number of carbonyl (C=O) groups is 2. The Bertz CT molecular complexity index is 557. The van der Waals surface area contributed by atoms with E-state index in [0.717, 1.165) is 23.4 Å². The third-order valence-corrected chi connectivity index (χ3v) is 3.92. The van der Waals surface area contributed by atoms with E-state index >= 15 is 0 Å². The number of hydrogen-bond donors (Lipinski definition) is 1. The van der Waals surface area contributed by atoms with E-state index in [2.05, 4.69) is 5.32 Å². The summed E-state index contributed by atoms with van der Waals surface area (Å²) in [5.74, 6) is 0.772. The highest BCUT2D eigenvalue weighted by Crippen LogP contribution is 2.23. The van der Waals surface area contributed by atoms with Gasteiger partial charge < -0.3 is 15.0 Å². The van der Waals surface area contributed by atoms with Crippen molar-refractivity contribution in [3.8, 4) is 5.75 Å². The van der Waals surface area contributed by atoms with Gasteiger partial charge in [-0.3, -0.25) is 9.59 Å². The summed E-state index contributed by atoms with van der Waals surface area (Å²) in [6, 6.07) is 5.19. The van der Waals surface area contributed by atoms with Gasteiger partial charge in [-0.25, -0.2) is 0 Å². The van der Waals surface area contributed by atoms with Gasteiger partial charge in [-0.15, -0.1) is 0 Å². The zero-order chi connectivity index (χ0) is 16.1. The van der Waals surface area contributed by atoms with Crippen molar-refractivity contribution < 1.29 is 14.3 Å². The Balaban J connectivity index is 2.07. The Hall–Kier alpha value is -2.04. The Morgan fingerprint density at radius 2 is 2.18 bits per heavy atom. The summed E-state index contributed by atoms with van der Waals surface area (Å²) in [5.41, 5.74) is 1.71. The van der Waals surface area contributed by atoms with Crippen LogP contribution in [0.2, 0.25) is 0 Å². The standard InChI is InChI=1S/C17H24N2O3/c1-4-14(19-10-6-7-16(19)20)17(21)18-13-8-9-15(22-5-2)12(3)11-13/h8-9,11,14H,4-7,10H2,1-3H3,(H,18,21). The summed E-state index contributed by atoms with van der Waals surface area (Å²) in [5, 5.41) is 2.91. The molecule has 0 saturated carbocycles. The van der Waals surface area contributed by atoms with Gasteiger partial charge in [0.25, 0.3) is 0 Å². The van der Waals surface area contributed by atoms with Crippen LogP contribution in [-0.2, 0) is 9.59 Å². The lowest BCUT2D eigenvalue weighted by Gasteiger charge is -2.25. The van der Waals surface area contributed by atoms with Crippen molar-refractivity contribution in [2.75, 3.05) is 18.5 Å². The Labute approximate surface area is 131 Å². The quantitative estimate of drug-likeness (QED) is 0.879. The smallest absolute Gasteiger partial charge is 0.247 e. The number of nitrogens with one attached hydrogen (secondary N) is 1. The number of amides is 2. The fourth-order valence-corrected chi connectivity index (χ4v) is 2.82. The van der Waals surface area contributed by atoms with Crippen molar-refractivity contribution in [2.24, 2.45) is 0 Å². The van der Waals surface area contributed by atoms with E-state index in [0.29, 0.717) is 26.0 Å². The number of carbonyl (C=O) groups excluding carboxylic acids is 2. The van der Waals surface area contributed by atoms with Gasteiger partial charge >= 0.3 is 0 Å². The molecular weight excluding hydrogens is 280 g/mol. The molecule has 5 heteroatoms. The maximum absolute atomic E-state index is 12.5. The molecule has 0 aromatic heterocycles. The zero-order valence-corrected chi connectivity index (χ0v) is 13.5. The van der Waals surface area contributed by atoms with Crippen LogP contribution in [0.25, 0.3) is 0 Å². The topological polar surface area (TPSA) is 58.6 Å². The van der Waals surface area contributed by atoms with Crippen molar-refractivity contribution in [2.45, 2.75) is 46.1 Å². The minimum atomic E-state index is -0.387. The molecule has 1 fully saturated rings.